The average molecular weight is 303 g/mol. The zero-order valence-electron chi connectivity index (χ0n) is 12.6. The summed E-state index contributed by atoms with van der Waals surface area (Å²) >= 11 is 0. The van der Waals surface area contributed by atoms with Gasteiger partial charge in [0.15, 0.2) is 0 Å². The summed E-state index contributed by atoms with van der Waals surface area (Å²) < 4.78 is 0. The Balaban J connectivity index is 1.65. The summed E-state index contributed by atoms with van der Waals surface area (Å²) in [5, 5.41) is 9.48. The molecule has 5 nitrogen and oxygen atoms in total. The molecule has 1 saturated heterocycles. The Morgan fingerprint density at radius 2 is 1.77 bits per heavy atom. The van der Waals surface area contributed by atoms with Gasteiger partial charge in [-0.1, -0.05) is 31.9 Å². The Hall–Kier alpha value is -1.65. The van der Waals surface area contributed by atoms with Gasteiger partial charge in [-0.3, -0.25) is 14.5 Å². The third kappa shape index (κ3) is 1.68. The van der Waals surface area contributed by atoms with Crippen LogP contribution in [0.1, 0.15) is 32.6 Å². The van der Waals surface area contributed by atoms with Crippen LogP contribution >= 0.6 is 0 Å². The van der Waals surface area contributed by atoms with Crippen LogP contribution in [0.5, 0.6) is 0 Å². The van der Waals surface area contributed by atoms with E-state index in [2.05, 4.69) is 12.2 Å². The second-order valence-corrected chi connectivity index (χ2v) is 7.20. The minimum atomic E-state index is -1.06. The maximum Gasteiger partial charge on any atom is 0.326 e. The van der Waals surface area contributed by atoms with Gasteiger partial charge in [-0.15, -0.1) is 0 Å². The van der Waals surface area contributed by atoms with Gasteiger partial charge in [-0.05, 0) is 36.5 Å². The lowest BCUT2D eigenvalue weighted by atomic mass is 9.63. The molecule has 1 aliphatic heterocycles. The summed E-state index contributed by atoms with van der Waals surface area (Å²) in [4.78, 5) is 38.3. The number of hydrogen-bond donors (Lipinski definition) is 1. The molecule has 0 aromatic rings. The number of amides is 2. The Morgan fingerprint density at radius 3 is 2.23 bits per heavy atom. The number of likely N-dealkylation sites (tertiary alicyclic amines) is 1. The van der Waals surface area contributed by atoms with Crippen molar-refractivity contribution in [3.05, 3.63) is 12.2 Å². The van der Waals surface area contributed by atoms with Gasteiger partial charge in [0.25, 0.3) is 0 Å². The van der Waals surface area contributed by atoms with Gasteiger partial charge in [0.2, 0.25) is 11.8 Å². The molecule has 0 radical (unpaired) electrons. The first kappa shape index (κ1) is 14.0. The van der Waals surface area contributed by atoms with E-state index in [9.17, 15) is 19.5 Å². The molecule has 4 aliphatic carbocycles. The first-order chi connectivity index (χ1) is 10.6. The van der Waals surface area contributed by atoms with E-state index >= 15 is 0 Å². The lowest BCUT2D eigenvalue weighted by molar-refractivity contribution is -0.155. The molecule has 0 spiro atoms. The van der Waals surface area contributed by atoms with E-state index in [0.29, 0.717) is 24.7 Å². The van der Waals surface area contributed by atoms with Crippen LogP contribution < -0.4 is 0 Å². The van der Waals surface area contributed by atoms with Crippen LogP contribution in [0.3, 0.4) is 0 Å². The number of aliphatic carboxylic acids is 1. The molecule has 0 aromatic carbocycles. The second-order valence-electron chi connectivity index (χ2n) is 7.20. The van der Waals surface area contributed by atoms with Crippen LogP contribution in [0.2, 0.25) is 0 Å². The Kier molecular flexibility index (Phi) is 2.97. The molecule has 5 rings (SSSR count). The Bertz CT molecular complexity index is 547. The molecule has 118 valence electrons. The number of unbranched alkanes of at least 4 members (excludes halogenated alkanes) is 1. The number of allylic oxidation sites excluding steroid dienone is 2. The smallest absolute Gasteiger partial charge is 0.326 e. The SMILES string of the molecule is CCCC[C@H](C(=O)O)N1C(=O)[C@@H]2[C@@H]3C=C[C@@H]([C@H]4C[C@@H]34)[C@@H]2C1=O. The molecule has 1 heterocycles. The van der Waals surface area contributed by atoms with Gasteiger partial charge in [0.1, 0.15) is 6.04 Å². The molecular weight excluding hydrogens is 282 g/mol. The van der Waals surface area contributed by atoms with Gasteiger partial charge >= 0.3 is 5.97 Å². The van der Waals surface area contributed by atoms with E-state index in [-0.39, 0.29) is 35.5 Å². The fourth-order valence-electron chi connectivity index (χ4n) is 5.05. The minimum absolute atomic E-state index is 0.155. The second kappa shape index (κ2) is 4.67. The molecular formula is C17H21NO4. The first-order valence-corrected chi connectivity index (χ1v) is 8.34. The van der Waals surface area contributed by atoms with Crippen LogP contribution in [0.15, 0.2) is 12.2 Å². The first-order valence-electron chi connectivity index (χ1n) is 8.34. The third-order valence-corrected chi connectivity index (χ3v) is 6.12. The van der Waals surface area contributed by atoms with E-state index in [4.69, 9.17) is 0 Å². The monoisotopic (exact) mass is 303 g/mol. The summed E-state index contributed by atoms with van der Waals surface area (Å²) in [5.41, 5.74) is 0. The summed E-state index contributed by atoms with van der Waals surface area (Å²) in [6.45, 7) is 1.98. The van der Waals surface area contributed by atoms with Crippen LogP contribution in [0.4, 0.5) is 0 Å². The number of carbonyl (C=O) groups is 3. The Morgan fingerprint density at radius 1 is 1.23 bits per heavy atom. The summed E-state index contributed by atoms with van der Waals surface area (Å²) in [7, 11) is 0. The van der Waals surface area contributed by atoms with Crippen molar-refractivity contribution in [1.82, 2.24) is 4.90 Å². The highest BCUT2D eigenvalue weighted by Gasteiger charge is 2.67. The minimum Gasteiger partial charge on any atom is -0.480 e. The standard InChI is InChI=1S/C17H21NO4/c1-2-3-4-12(17(21)22)18-15(19)13-8-5-6-9(11-7-10(8)11)14(13)16(18)20/h5-6,8-14H,2-4,7H2,1H3,(H,21,22)/t8-,9+,10+,11-,12-,13-,14+/m1/s1. The van der Waals surface area contributed by atoms with Gasteiger partial charge in [0.05, 0.1) is 11.8 Å². The van der Waals surface area contributed by atoms with Crippen LogP contribution in [0.25, 0.3) is 0 Å². The lowest BCUT2D eigenvalue weighted by Crippen LogP contribution is -2.45. The van der Waals surface area contributed by atoms with Crippen molar-refractivity contribution < 1.29 is 19.5 Å². The Labute approximate surface area is 129 Å². The predicted octanol–water partition coefficient (Wildman–Crippen LogP) is 1.68. The molecule has 2 saturated carbocycles. The topological polar surface area (TPSA) is 74.7 Å². The lowest BCUT2D eigenvalue weighted by Gasteiger charge is -2.37. The fraction of sp³-hybridized carbons (Fsp3) is 0.706. The molecule has 3 fully saturated rings. The number of carboxylic acid groups (broad SMARTS) is 1. The van der Waals surface area contributed by atoms with E-state index in [1.165, 1.54) is 0 Å². The van der Waals surface area contributed by atoms with Crippen molar-refractivity contribution in [2.24, 2.45) is 35.5 Å². The summed E-state index contributed by atoms with van der Waals surface area (Å²) in [5.74, 6) is -0.710. The zero-order chi connectivity index (χ0) is 15.6. The molecule has 1 N–H and O–H groups in total. The quantitative estimate of drug-likeness (QED) is 0.619. The number of carbonyl (C=O) groups excluding carboxylic acids is 2. The van der Waals surface area contributed by atoms with Crippen molar-refractivity contribution in [3.8, 4) is 0 Å². The van der Waals surface area contributed by atoms with Gasteiger partial charge < -0.3 is 5.11 Å². The van der Waals surface area contributed by atoms with E-state index in [0.717, 1.165) is 17.7 Å². The molecule has 0 aromatic heterocycles. The van der Waals surface area contributed by atoms with E-state index in [1.54, 1.807) is 0 Å². The number of nitrogens with zero attached hydrogens (tertiary/aromatic N) is 1. The van der Waals surface area contributed by atoms with Crippen LogP contribution in [-0.4, -0.2) is 33.8 Å². The molecule has 2 bridgehead atoms. The van der Waals surface area contributed by atoms with Crippen molar-refractivity contribution in [3.63, 3.8) is 0 Å². The molecule has 5 aliphatic rings. The fourth-order valence-corrected chi connectivity index (χ4v) is 5.05. The number of rotatable bonds is 5. The largest absolute Gasteiger partial charge is 0.480 e. The van der Waals surface area contributed by atoms with Crippen LogP contribution in [0, 0.1) is 35.5 Å². The maximum absolute atomic E-state index is 12.8. The highest BCUT2D eigenvalue weighted by Crippen LogP contribution is 2.65. The number of hydrogen-bond acceptors (Lipinski definition) is 3. The molecule has 0 unspecified atom stereocenters. The molecule has 5 heteroatoms. The summed E-state index contributed by atoms with van der Waals surface area (Å²) in [6.07, 6.45) is 7.25. The van der Waals surface area contributed by atoms with Crippen molar-refractivity contribution in [1.29, 1.82) is 0 Å². The van der Waals surface area contributed by atoms with E-state index < -0.39 is 12.0 Å². The molecule has 7 atom stereocenters. The highest BCUT2D eigenvalue weighted by molar-refractivity contribution is 6.08. The number of carboxylic acids is 1. The zero-order valence-corrected chi connectivity index (χ0v) is 12.6. The van der Waals surface area contributed by atoms with E-state index in [1.807, 2.05) is 6.92 Å². The molecule has 2 amide bonds. The van der Waals surface area contributed by atoms with Crippen LogP contribution in [-0.2, 0) is 14.4 Å². The van der Waals surface area contributed by atoms with Gasteiger partial charge in [-0.25, -0.2) is 4.79 Å². The predicted molar refractivity (Wildman–Crippen MR) is 77.5 cm³/mol. The van der Waals surface area contributed by atoms with Gasteiger partial charge in [0, 0.05) is 0 Å². The number of imide groups is 1. The normalized spacial score (nSPS) is 42.3. The summed E-state index contributed by atoms with van der Waals surface area (Å²) in [6, 6.07) is -0.985. The van der Waals surface area contributed by atoms with Gasteiger partial charge in [-0.2, -0.15) is 0 Å². The maximum atomic E-state index is 12.8. The third-order valence-electron chi connectivity index (χ3n) is 6.12. The molecule has 22 heavy (non-hydrogen) atoms. The van der Waals surface area contributed by atoms with Crippen molar-refractivity contribution in [2.45, 2.75) is 38.6 Å². The highest BCUT2D eigenvalue weighted by atomic mass is 16.4. The average Bonchev–Trinajstić information content (AvgIpc) is 3.27. The van der Waals surface area contributed by atoms with Crippen molar-refractivity contribution >= 4 is 17.8 Å². The van der Waals surface area contributed by atoms with Crippen molar-refractivity contribution in [2.75, 3.05) is 0 Å².